The lowest BCUT2D eigenvalue weighted by Gasteiger charge is -2.27. The Morgan fingerprint density at radius 2 is 2.19 bits per heavy atom. The van der Waals surface area contributed by atoms with Crippen molar-refractivity contribution < 1.29 is 9.59 Å². The maximum atomic E-state index is 12.7. The van der Waals surface area contributed by atoms with Crippen molar-refractivity contribution >= 4 is 11.8 Å². The summed E-state index contributed by atoms with van der Waals surface area (Å²) in [6.45, 7) is 6.87. The second-order valence-electron chi connectivity index (χ2n) is 5.71. The highest BCUT2D eigenvalue weighted by Gasteiger charge is 2.32. The Hall–Kier alpha value is -1.91. The van der Waals surface area contributed by atoms with Crippen molar-refractivity contribution in [3.05, 3.63) is 29.6 Å². The molecule has 1 saturated heterocycles. The largest absolute Gasteiger partial charge is 0.344 e. The molecule has 1 fully saturated rings. The lowest BCUT2D eigenvalue weighted by atomic mass is 9.98. The number of aryl methyl sites for hydroxylation is 1. The van der Waals surface area contributed by atoms with Crippen LogP contribution < -0.4 is 5.32 Å². The predicted molar refractivity (Wildman–Crippen MR) is 80.4 cm³/mol. The first-order valence-corrected chi connectivity index (χ1v) is 7.52. The first kappa shape index (κ1) is 15.5. The van der Waals surface area contributed by atoms with Gasteiger partial charge in [-0.1, -0.05) is 26.3 Å². The fraction of sp³-hybridized carbons (Fsp3) is 0.562. The van der Waals surface area contributed by atoms with Gasteiger partial charge < -0.3 is 10.2 Å². The molecule has 1 aromatic rings. The third-order valence-corrected chi connectivity index (χ3v) is 4.01. The van der Waals surface area contributed by atoms with Gasteiger partial charge in [0.2, 0.25) is 11.8 Å². The van der Waals surface area contributed by atoms with Gasteiger partial charge in [0.05, 0.1) is 12.2 Å². The second kappa shape index (κ2) is 6.70. The van der Waals surface area contributed by atoms with Crippen LogP contribution in [0.5, 0.6) is 0 Å². The predicted octanol–water partition coefficient (Wildman–Crippen LogP) is 1.65. The lowest BCUT2D eigenvalue weighted by Crippen LogP contribution is -2.48. The molecule has 5 heteroatoms. The van der Waals surface area contributed by atoms with Gasteiger partial charge >= 0.3 is 0 Å². The van der Waals surface area contributed by atoms with E-state index >= 15 is 0 Å². The molecule has 2 rings (SSSR count). The molecule has 5 nitrogen and oxygen atoms in total. The summed E-state index contributed by atoms with van der Waals surface area (Å²) >= 11 is 0. The van der Waals surface area contributed by atoms with Crippen LogP contribution in [-0.2, 0) is 16.1 Å². The van der Waals surface area contributed by atoms with Gasteiger partial charge in [0.15, 0.2) is 0 Å². The van der Waals surface area contributed by atoms with Crippen molar-refractivity contribution in [1.82, 2.24) is 15.2 Å². The van der Waals surface area contributed by atoms with E-state index in [0.29, 0.717) is 19.5 Å². The fourth-order valence-corrected chi connectivity index (χ4v) is 2.51. The van der Waals surface area contributed by atoms with Crippen LogP contribution in [0.25, 0.3) is 0 Å². The number of pyridine rings is 1. The van der Waals surface area contributed by atoms with Crippen LogP contribution in [0.1, 0.15) is 38.1 Å². The Balaban J connectivity index is 2.17. The first-order chi connectivity index (χ1) is 10.0. The molecule has 21 heavy (non-hydrogen) atoms. The zero-order valence-corrected chi connectivity index (χ0v) is 12.9. The molecule has 1 aromatic heterocycles. The van der Waals surface area contributed by atoms with Crippen LogP contribution in [0.3, 0.4) is 0 Å². The number of aromatic nitrogens is 1. The monoisotopic (exact) mass is 289 g/mol. The number of carbonyl (C=O) groups is 2. The highest BCUT2D eigenvalue weighted by Crippen LogP contribution is 2.16. The number of amides is 2. The molecular formula is C16H23N3O2. The quantitative estimate of drug-likeness (QED) is 0.917. The molecule has 0 radical (unpaired) electrons. The number of rotatable bonds is 4. The first-order valence-electron chi connectivity index (χ1n) is 7.52. The Morgan fingerprint density at radius 1 is 1.43 bits per heavy atom. The van der Waals surface area contributed by atoms with Crippen LogP contribution in [0.15, 0.2) is 18.2 Å². The van der Waals surface area contributed by atoms with E-state index in [9.17, 15) is 9.59 Å². The Labute approximate surface area is 125 Å². The van der Waals surface area contributed by atoms with Gasteiger partial charge in [-0.3, -0.25) is 14.6 Å². The standard InChI is InChI=1S/C16H23N3O2/c1-4-11(2)15-16(21)19(9-8-14(20)18-15)10-13-7-5-6-12(3)17-13/h5-7,11,15H,4,8-10H2,1-3H3,(H,18,20). The van der Waals surface area contributed by atoms with Gasteiger partial charge in [-0.25, -0.2) is 0 Å². The lowest BCUT2D eigenvalue weighted by molar-refractivity contribution is -0.135. The van der Waals surface area contributed by atoms with Crippen LogP contribution in [0.4, 0.5) is 0 Å². The molecule has 0 saturated carbocycles. The molecule has 1 aliphatic rings. The number of nitrogens with zero attached hydrogens (tertiary/aromatic N) is 2. The van der Waals surface area contributed by atoms with E-state index in [-0.39, 0.29) is 17.7 Å². The summed E-state index contributed by atoms with van der Waals surface area (Å²) in [5.74, 6) is 0.0828. The molecule has 114 valence electrons. The van der Waals surface area contributed by atoms with Gasteiger partial charge in [-0.05, 0) is 25.0 Å². The molecule has 0 bridgehead atoms. The minimum Gasteiger partial charge on any atom is -0.344 e. The van der Waals surface area contributed by atoms with E-state index < -0.39 is 6.04 Å². The average Bonchev–Trinajstić information content (AvgIpc) is 2.60. The van der Waals surface area contributed by atoms with Crippen LogP contribution >= 0.6 is 0 Å². The van der Waals surface area contributed by atoms with E-state index in [0.717, 1.165) is 17.8 Å². The normalized spacial score (nSPS) is 20.9. The van der Waals surface area contributed by atoms with Crippen molar-refractivity contribution in [3.63, 3.8) is 0 Å². The van der Waals surface area contributed by atoms with Crippen LogP contribution in [0, 0.1) is 12.8 Å². The van der Waals surface area contributed by atoms with Gasteiger partial charge in [-0.15, -0.1) is 0 Å². The Morgan fingerprint density at radius 3 is 2.86 bits per heavy atom. The fourth-order valence-electron chi connectivity index (χ4n) is 2.51. The van der Waals surface area contributed by atoms with E-state index in [1.54, 1.807) is 4.90 Å². The third-order valence-electron chi connectivity index (χ3n) is 4.01. The molecule has 2 amide bonds. The van der Waals surface area contributed by atoms with E-state index in [1.807, 2.05) is 39.0 Å². The van der Waals surface area contributed by atoms with Gasteiger partial charge in [0.1, 0.15) is 6.04 Å². The number of hydrogen-bond donors (Lipinski definition) is 1. The Bertz CT molecular complexity index is 530. The molecule has 2 atom stereocenters. The minimum absolute atomic E-state index is 0.00138. The maximum Gasteiger partial charge on any atom is 0.245 e. The van der Waals surface area contributed by atoms with Gasteiger partial charge in [-0.2, -0.15) is 0 Å². The number of carbonyl (C=O) groups excluding carboxylic acids is 2. The van der Waals surface area contributed by atoms with E-state index in [1.165, 1.54) is 0 Å². The van der Waals surface area contributed by atoms with Crippen molar-refractivity contribution in [2.24, 2.45) is 5.92 Å². The van der Waals surface area contributed by atoms with Crippen molar-refractivity contribution in [1.29, 1.82) is 0 Å². The zero-order chi connectivity index (χ0) is 15.4. The molecule has 0 aliphatic carbocycles. The molecule has 1 N–H and O–H groups in total. The molecular weight excluding hydrogens is 266 g/mol. The van der Waals surface area contributed by atoms with Gasteiger partial charge in [0, 0.05) is 18.7 Å². The highest BCUT2D eigenvalue weighted by atomic mass is 16.2. The summed E-state index contributed by atoms with van der Waals surface area (Å²) < 4.78 is 0. The summed E-state index contributed by atoms with van der Waals surface area (Å²) in [4.78, 5) is 30.7. The number of hydrogen-bond acceptors (Lipinski definition) is 3. The van der Waals surface area contributed by atoms with Crippen LogP contribution in [0.2, 0.25) is 0 Å². The molecule has 0 spiro atoms. The smallest absolute Gasteiger partial charge is 0.245 e. The van der Waals surface area contributed by atoms with E-state index in [4.69, 9.17) is 0 Å². The Kier molecular flexibility index (Phi) is 4.94. The molecule has 0 aromatic carbocycles. The summed E-state index contributed by atoms with van der Waals surface area (Å²) in [5.41, 5.74) is 1.79. The zero-order valence-electron chi connectivity index (χ0n) is 12.9. The SMILES string of the molecule is CCC(C)C1NC(=O)CCN(Cc2cccc(C)n2)C1=O. The van der Waals surface area contributed by atoms with Gasteiger partial charge in [0.25, 0.3) is 0 Å². The summed E-state index contributed by atoms with van der Waals surface area (Å²) in [6.07, 6.45) is 1.21. The summed E-state index contributed by atoms with van der Waals surface area (Å²) in [7, 11) is 0. The van der Waals surface area contributed by atoms with Crippen LogP contribution in [-0.4, -0.2) is 34.3 Å². The van der Waals surface area contributed by atoms with E-state index in [2.05, 4.69) is 10.3 Å². The average molecular weight is 289 g/mol. The highest BCUT2D eigenvalue weighted by molar-refractivity contribution is 5.90. The minimum atomic E-state index is -0.421. The topological polar surface area (TPSA) is 62.3 Å². The molecule has 2 heterocycles. The number of nitrogens with one attached hydrogen (secondary N) is 1. The molecule has 1 aliphatic heterocycles. The van der Waals surface area contributed by atoms with Crippen molar-refractivity contribution in [2.75, 3.05) is 6.54 Å². The summed E-state index contributed by atoms with van der Waals surface area (Å²) in [6, 6.07) is 5.37. The summed E-state index contributed by atoms with van der Waals surface area (Å²) in [5, 5.41) is 2.86. The van der Waals surface area contributed by atoms with Crippen molar-refractivity contribution in [3.8, 4) is 0 Å². The third kappa shape index (κ3) is 3.80. The maximum absolute atomic E-state index is 12.7. The van der Waals surface area contributed by atoms with Crippen molar-refractivity contribution in [2.45, 2.75) is 46.2 Å². The molecule has 2 unspecified atom stereocenters. The second-order valence-corrected chi connectivity index (χ2v) is 5.71.